The summed E-state index contributed by atoms with van der Waals surface area (Å²) >= 11 is 0. The number of anilines is 1. The van der Waals surface area contributed by atoms with Crippen molar-refractivity contribution in [2.24, 2.45) is 0 Å². The monoisotopic (exact) mass is 547 g/mol. The van der Waals surface area contributed by atoms with E-state index in [1.165, 1.54) is 0 Å². The first-order valence-electron chi connectivity index (χ1n) is 13.3. The van der Waals surface area contributed by atoms with Gasteiger partial charge in [-0.05, 0) is 47.9 Å². The summed E-state index contributed by atoms with van der Waals surface area (Å²) in [5.41, 5.74) is 1.25. The van der Waals surface area contributed by atoms with Crippen LogP contribution in [0, 0.1) is 0 Å². The average molecular weight is 548 g/mol. The Kier molecular flexibility index (Phi) is 8.45. The Morgan fingerprint density at radius 1 is 0.780 bits per heavy atom. The maximum absolute atomic E-state index is 13.5. The summed E-state index contributed by atoms with van der Waals surface area (Å²) in [5.74, 6) is -0.364. The Bertz CT molecular complexity index is 1690. The normalized spacial score (nSPS) is 12.7. The van der Waals surface area contributed by atoms with Gasteiger partial charge in [0, 0.05) is 22.4 Å². The highest BCUT2D eigenvalue weighted by Gasteiger charge is 2.31. The van der Waals surface area contributed by atoms with Crippen LogP contribution in [0.5, 0.6) is 11.5 Å². The average Bonchev–Trinajstić information content (AvgIpc) is 2.99. The number of allylic oxidation sites excluding steroid dienone is 1. The number of amides is 1. The van der Waals surface area contributed by atoms with E-state index in [-0.39, 0.29) is 5.75 Å². The number of para-hydroxylation sites is 1. The maximum Gasteiger partial charge on any atom is 0.412 e. The molecule has 3 N–H and O–H groups in total. The van der Waals surface area contributed by atoms with Gasteiger partial charge < -0.3 is 19.7 Å². The van der Waals surface area contributed by atoms with Crippen LogP contribution in [0.15, 0.2) is 121 Å². The molecule has 7 nitrogen and oxygen atoms in total. The lowest BCUT2D eigenvalue weighted by Crippen LogP contribution is -2.31. The Labute approximate surface area is 237 Å². The molecule has 0 radical (unpaired) electrons. The van der Waals surface area contributed by atoms with Crippen LogP contribution in [0.25, 0.3) is 21.5 Å². The fraction of sp³-hybridized carbons (Fsp3) is 0.118. The van der Waals surface area contributed by atoms with Gasteiger partial charge in [0.05, 0.1) is 5.69 Å². The van der Waals surface area contributed by atoms with Crippen molar-refractivity contribution in [1.29, 1.82) is 0 Å². The number of hydrogen-bond acceptors (Lipinski definition) is 5. The molecule has 0 aliphatic heterocycles. The minimum absolute atomic E-state index is 0.105. The number of rotatable bonds is 10. The van der Waals surface area contributed by atoms with Crippen LogP contribution >= 0.6 is 0 Å². The van der Waals surface area contributed by atoms with E-state index in [9.17, 15) is 14.7 Å². The first-order valence-corrected chi connectivity index (χ1v) is 13.3. The summed E-state index contributed by atoms with van der Waals surface area (Å²) in [7, 11) is 0. The minimum atomic E-state index is -1.04. The number of carboxylic acids is 1. The zero-order valence-electron chi connectivity index (χ0n) is 22.1. The number of aromatic hydroxyl groups is 1. The number of ether oxygens (including phenoxy) is 2. The topological polar surface area (TPSA) is 105 Å². The van der Waals surface area contributed by atoms with Crippen LogP contribution in [0.1, 0.15) is 24.5 Å². The Hall–Kier alpha value is -5.30. The number of hydrogen-bond donors (Lipinski definition) is 3. The Morgan fingerprint density at radius 2 is 1.46 bits per heavy atom. The van der Waals surface area contributed by atoms with Crippen LogP contribution in [0.4, 0.5) is 10.5 Å². The fourth-order valence-corrected chi connectivity index (χ4v) is 4.87. The van der Waals surface area contributed by atoms with Gasteiger partial charge in [-0.25, -0.2) is 9.59 Å². The van der Waals surface area contributed by atoms with Crippen molar-refractivity contribution in [2.75, 3.05) is 5.32 Å². The van der Waals surface area contributed by atoms with E-state index in [1.807, 2.05) is 91.0 Å². The molecule has 0 fully saturated rings. The summed E-state index contributed by atoms with van der Waals surface area (Å²) < 4.78 is 12.5. The van der Waals surface area contributed by atoms with Gasteiger partial charge in [0.1, 0.15) is 17.6 Å². The van der Waals surface area contributed by atoms with Gasteiger partial charge in [-0.2, -0.15) is 0 Å². The molecule has 5 aromatic carbocycles. The highest BCUT2D eigenvalue weighted by atomic mass is 16.6. The molecule has 0 aliphatic carbocycles. The number of carboxylic acid groups (broad SMARTS) is 1. The second kappa shape index (κ2) is 12.7. The molecule has 0 spiro atoms. The van der Waals surface area contributed by atoms with E-state index < -0.39 is 24.3 Å². The Balaban J connectivity index is 1.53. The van der Waals surface area contributed by atoms with Crippen molar-refractivity contribution in [1.82, 2.24) is 0 Å². The van der Waals surface area contributed by atoms with Gasteiger partial charge in [-0.1, -0.05) is 91.0 Å². The summed E-state index contributed by atoms with van der Waals surface area (Å²) in [6, 6.07) is 33.1. The molecule has 0 aromatic heterocycles. The van der Waals surface area contributed by atoms with Crippen LogP contribution < -0.4 is 10.1 Å². The number of aliphatic carboxylic acids is 1. The molecular formula is C34H29NO6. The zero-order chi connectivity index (χ0) is 28.6. The van der Waals surface area contributed by atoms with Gasteiger partial charge in [0.2, 0.25) is 0 Å². The molecular weight excluding hydrogens is 518 g/mol. The number of benzene rings is 5. The van der Waals surface area contributed by atoms with Crippen LogP contribution in [-0.4, -0.2) is 28.4 Å². The van der Waals surface area contributed by atoms with E-state index in [1.54, 1.807) is 24.3 Å². The molecule has 5 rings (SSSR count). The zero-order valence-corrected chi connectivity index (χ0v) is 22.1. The van der Waals surface area contributed by atoms with E-state index in [0.717, 1.165) is 16.8 Å². The van der Waals surface area contributed by atoms with E-state index in [2.05, 4.69) is 5.32 Å². The highest BCUT2D eigenvalue weighted by molar-refractivity contribution is 6.00. The second-order valence-corrected chi connectivity index (χ2v) is 9.48. The van der Waals surface area contributed by atoms with Gasteiger partial charge >= 0.3 is 12.1 Å². The molecule has 0 heterocycles. The maximum atomic E-state index is 13.5. The van der Waals surface area contributed by atoms with Gasteiger partial charge in [0.15, 0.2) is 6.10 Å². The predicted octanol–water partition coefficient (Wildman–Crippen LogP) is 7.86. The number of carbonyl (C=O) groups excluding carboxylic acids is 1. The van der Waals surface area contributed by atoms with E-state index in [4.69, 9.17) is 14.6 Å². The second-order valence-electron chi connectivity index (χ2n) is 9.48. The molecule has 1 amide bonds. The van der Waals surface area contributed by atoms with Crippen molar-refractivity contribution in [3.63, 3.8) is 0 Å². The Morgan fingerprint density at radius 3 is 2.24 bits per heavy atom. The first kappa shape index (κ1) is 27.3. The van der Waals surface area contributed by atoms with Crippen molar-refractivity contribution in [3.8, 4) is 11.5 Å². The number of nitrogens with one attached hydrogen (secondary N) is 1. The van der Waals surface area contributed by atoms with Crippen molar-refractivity contribution < 1.29 is 29.3 Å². The lowest BCUT2D eigenvalue weighted by molar-refractivity contribution is -0.131. The molecule has 0 saturated carbocycles. The number of carbonyl (C=O) groups is 2. The SMILES string of the molecule is O=C(O)/C=C/CC[C@H](Oc1ccccc1)[C@@H](OC(=O)Nc1cccc2ccccc12)c1ccc(O)c2ccccc12. The molecule has 2 atom stereocenters. The fourth-order valence-electron chi connectivity index (χ4n) is 4.87. The van der Waals surface area contributed by atoms with Crippen LogP contribution in [0.2, 0.25) is 0 Å². The molecule has 0 unspecified atom stereocenters. The van der Waals surface area contributed by atoms with Crippen LogP contribution in [-0.2, 0) is 9.53 Å². The molecule has 0 saturated heterocycles. The lowest BCUT2D eigenvalue weighted by atomic mass is 9.94. The summed E-state index contributed by atoms with van der Waals surface area (Å²) in [6.45, 7) is 0. The molecule has 5 aromatic rings. The van der Waals surface area contributed by atoms with Crippen molar-refractivity contribution in [2.45, 2.75) is 25.0 Å². The highest BCUT2D eigenvalue weighted by Crippen LogP contribution is 2.37. The molecule has 0 aliphatic rings. The van der Waals surface area contributed by atoms with Gasteiger partial charge in [-0.3, -0.25) is 5.32 Å². The number of phenolic OH excluding ortho intramolecular Hbond substituents is 1. The first-order chi connectivity index (χ1) is 20.0. The van der Waals surface area contributed by atoms with Crippen molar-refractivity contribution in [3.05, 3.63) is 127 Å². The summed E-state index contributed by atoms with van der Waals surface area (Å²) in [6.07, 6.45) is 1.07. The third kappa shape index (κ3) is 6.65. The summed E-state index contributed by atoms with van der Waals surface area (Å²) in [5, 5.41) is 25.6. The minimum Gasteiger partial charge on any atom is -0.507 e. The molecule has 206 valence electrons. The van der Waals surface area contributed by atoms with Gasteiger partial charge in [-0.15, -0.1) is 0 Å². The third-order valence-corrected chi connectivity index (χ3v) is 6.75. The van der Waals surface area contributed by atoms with Gasteiger partial charge in [0.25, 0.3) is 0 Å². The molecule has 41 heavy (non-hydrogen) atoms. The molecule has 0 bridgehead atoms. The summed E-state index contributed by atoms with van der Waals surface area (Å²) in [4.78, 5) is 24.6. The largest absolute Gasteiger partial charge is 0.507 e. The standard InChI is InChI=1S/C34H29NO6/c36-30-22-21-28(26-16-6-7-17-27(26)30)33(31(19-8-9-20-32(37)38)40-24-13-2-1-3-14-24)41-34(39)35-29-18-10-12-23-11-4-5-15-25(23)29/h1-7,9-18,20-22,31,33,36H,8,19H2,(H,35,39)(H,37,38)/b20-9+/t31-,33-/m0/s1. The number of phenols is 1. The van der Waals surface area contributed by atoms with E-state index in [0.29, 0.717) is 40.6 Å². The van der Waals surface area contributed by atoms with Crippen molar-refractivity contribution >= 4 is 39.3 Å². The lowest BCUT2D eigenvalue weighted by Gasteiger charge is -2.29. The molecule has 7 heteroatoms. The number of fused-ring (bicyclic) bond motifs is 2. The predicted molar refractivity (Wildman–Crippen MR) is 159 cm³/mol. The third-order valence-electron chi connectivity index (χ3n) is 6.75. The quantitative estimate of drug-likeness (QED) is 0.154. The smallest absolute Gasteiger partial charge is 0.412 e. The van der Waals surface area contributed by atoms with E-state index >= 15 is 0 Å². The van der Waals surface area contributed by atoms with Crippen LogP contribution in [0.3, 0.4) is 0 Å².